The molecule has 1 aliphatic carbocycles. The van der Waals surface area contributed by atoms with Crippen LogP contribution in [0.3, 0.4) is 0 Å². The number of aliphatic hydroxyl groups excluding tert-OH is 1. The van der Waals surface area contributed by atoms with E-state index in [4.69, 9.17) is 4.74 Å². The van der Waals surface area contributed by atoms with E-state index in [9.17, 15) is 5.11 Å². The highest BCUT2D eigenvalue weighted by molar-refractivity contribution is 5.22. The Kier molecular flexibility index (Phi) is 8.04. The number of benzene rings is 1. The molecular weight excluding hydrogens is 322 g/mol. The van der Waals surface area contributed by atoms with Gasteiger partial charge in [-0.3, -0.25) is 0 Å². The largest absolute Gasteiger partial charge is 1.00 e. The number of rotatable bonds is 7. The number of likely N-dealkylation sites (N-methyl/N-ethyl adjacent to an activating group) is 1. The standard InChI is InChI=1S/C20H34NO2.ClH/c1-17(2)21(3,4)16-18(22)15-20(13-9-6-10-14-20)23-19-11-7-5-8-12-19;/h5,7-8,11-12,17-18,22H,6,9-10,13-16H2,1-4H3;1H/q+1;/p-1. The number of para-hydroxylation sites is 1. The monoisotopic (exact) mass is 355 g/mol. The van der Waals surface area contributed by atoms with Gasteiger partial charge in [0.05, 0.1) is 20.1 Å². The van der Waals surface area contributed by atoms with Crippen LogP contribution in [0.5, 0.6) is 5.75 Å². The summed E-state index contributed by atoms with van der Waals surface area (Å²) in [5.74, 6) is 0.930. The second kappa shape index (κ2) is 9.07. The van der Waals surface area contributed by atoms with Crippen molar-refractivity contribution in [3.05, 3.63) is 30.3 Å². The van der Waals surface area contributed by atoms with Crippen LogP contribution < -0.4 is 17.1 Å². The first-order chi connectivity index (χ1) is 10.8. The highest BCUT2D eigenvalue weighted by Gasteiger charge is 2.38. The van der Waals surface area contributed by atoms with Crippen LogP contribution in [0.25, 0.3) is 0 Å². The maximum Gasteiger partial charge on any atom is 0.120 e. The number of quaternary nitrogens is 1. The van der Waals surface area contributed by atoms with Gasteiger partial charge in [0, 0.05) is 6.42 Å². The minimum atomic E-state index is -0.325. The molecule has 1 N–H and O–H groups in total. The lowest BCUT2D eigenvalue weighted by atomic mass is 9.80. The minimum Gasteiger partial charge on any atom is -1.00 e. The van der Waals surface area contributed by atoms with Crippen molar-refractivity contribution < 1.29 is 26.7 Å². The third-order valence-electron chi connectivity index (χ3n) is 5.53. The van der Waals surface area contributed by atoms with Gasteiger partial charge in [-0.1, -0.05) is 24.6 Å². The molecule has 0 aromatic heterocycles. The number of nitrogens with zero attached hydrogens (tertiary/aromatic N) is 1. The van der Waals surface area contributed by atoms with Gasteiger partial charge in [0.1, 0.15) is 24.0 Å². The van der Waals surface area contributed by atoms with Crippen LogP contribution in [-0.2, 0) is 0 Å². The van der Waals surface area contributed by atoms with Crippen LogP contribution in [-0.4, -0.2) is 48.0 Å². The van der Waals surface area contributed by atoms with Crippen molar-refractivity contribution in [2.24, 2.45) is 0 Å². The van der Waals surface area contributed by atoms with E-state index >= 15 is 0 Å². The van der Waals surface area contributed by atoms with Crippen molar-refractivity contribution in [1.29, 1.82) is 0 Å². The molecule has 3 nitrogen and oxygen atoms in total. The van der Waals surface area contributed by atoms with E-state index in [1.54, 1.807) is 0 Å². The van der Waals surface area contributed by atoms with Crippen molar-refractivity contribution in [3.8, 4) is 5.75 Å². The summed E-state index contributed by atoms with van der Waals surface area (Å²) in [6.07, 6.45) is 6.18. The van der Waals surface area contributed by atoms with Crippen molar-refractivity contribution in [1.82, 2.24) is 0 Å². The molecular formula is C20H34ClNO2. The first kappa shape index (κ1) is 21.3. The van der Waals surface area contributed by atoms with Crippen molar-refractivity contribution in [3.63, 3.8) is 0 Å². The molecule has 4 heteroatoms. The quantitative estimate of drug-likeness (QED) is 0.740. The van der Waals surface area contributed by atoms with Gasteiger partial charge in [-0.15, -0.1) is 0 Å². The summed E-state index contributed by atoms with van der Waals surface area (Å²) in [4.78, 5) is 0. The molecule has 0 amide bonds. The highest BCUT2D eigenvalue weighted by Crippen LogP contribution is 2.37. The van der Waals surface area contributed by atoms with Gasteiger partial charge >= 0.3 is 0 Å². The molecule has 1 aromatic carbocycles. The lowest BCUT2D eigenvalue weighted by Gasteiger charge is -2.41. The van der Waals surface area contributed by atoms with Gasteiger partial charge in [-0.25, -0.2) is 0 Å². The minimum absolute atomic E-state index is 0. The average Bonchev–Trinajstić information content (AvgIpc) is 2.48. The fourth-order valence-electron chi connectivity index (χ4n) is 3.53. The number of hydrogen-bond donors (Lipinski definition) is 1. The predicted octanol–water partition coefficient (Wildman–Crippen LogP) is 1.01. The fraction of sp³-hybridized carbons (Fsp3) is 0.700. The van der Waals surface area contributed by atoms with E-state index in [1.807, 2.05) is 30.3 Å². The zero-order chi connectivity index (χ0) is 16.9. The van der Waals surface area contributed by atoms with Gasteiger partial charge in [0.15, 0.2) is 0 Å². The van der Waals surface area contributed by atoms with Crippen LogP contribution >= 0.6 is 0 Å². The number of aliphatic hydroxyl groups is 1. The average molecular weight is 356 g/mol. The van der Waals surface area contributed by atoms with Crippen LogP contribution in [0.4, 0.5) is 0 Å². The maximum atomic E-state index is 10.7. The molecule has 1 fully saturated rings. The Morgan fingerprint density at radius 2 is 1.67 bits per heavy atom. The summed E-state index contributed by atoms with van der Waals surface area (Å²) >= 11 is 0. The van der Waals surface area contributed by atoms with E-state index in [-0.39, 0.29) is 24.1 Å². The third-order valence-corrected chi connectivity index (χ3v) is 5.53. The van der Waals surface area contributed by atoms with E-state index in [2.05, 4.69) is 27.9 Å². The smallest absolute Gasteiger partial charge is 0.120 e. The fourth-order valence-corrected chi connectivity index (χ4v) is 3.53. The Morgan fingerprint density at radius 1 is 1.08 bits per heavy atom. The van der Waals surface area contributed by atoms with E-state index in [1.165, 1.54) is 19.3 Å². The summed E-state index contributed by atoms with van der Waals surface area (Å²) in [7, 11) is 4.39. The van der Waals surface area contributed by atoms with Crippen LogP contribution in [0, 0.1) is 0 Å². The highest BCUT2D eigenvalue weighted by atomic mass is 35.5. The molecule has 0 saturated heterocycles. The lowest BCUT2D eigenvalue weighted by Crippen LogP contribution is -3.00. The Labute approximate surface area is 154 Å². The molecule has 1 aliphatic rings. The Bertz CT molecular complexity index is 470. The first-order valence-corrected chi connectivity index (χ1v) is 9.08. The Balaban J connectivity index is 0.00000288. The third kappa shape index (κ3) is 5.94. The molecule has 1 saturated carbocycles. The summed E-state index contributed by atoms with van der Waals surface area (Å²) in [6, 6.07) is 10.6. The summed E-state index contributed by atoms with van der Waals surface area (Å²) in [6.45, 7) is 5.20. The van der Waals surface area contributed by atoms with Crippen LogP contribution in [0.2, 0.25) is 0 Å². The first-order valence-electron chi connectivity index (χ1n) is 9.08. The van der Waals surface area contributed by atoms with Crippen molar-refractivity contribution in [2.45, 2.75) is 70.1 Å². The number of halogens is 1. The van der Waals surface area contributed by atoms with Gasteiger partial charge in [-0.2, -0.15) is 0 Å². The zero-order valence-corrected chi connectivity index (χ0v) is 16.4. The van der Waals surface area contributed by atoms with Gasteiger partial charge < -0.3 is 26.7 Å². The molecule has 0 spiro atoms. The molecule has 0 bridgehead atoms. The summed E-state index contributed by atoms with van der Waals surface area (Å²) in [5, 5.41) is 10.7. The number of ether oxygens (including phenoxy) is 1. The van der Waals surface area contributed by atoms with Gasteiger partial charge in [0.25, 0.3) is 0 Å². The second-order valence-electron chi connectivity index (χ2n) is 8.07. The molecule has 1 unspecified atom stereocenters. The van der Waals surface area contributed by atoms with E-state index in [0.29, 0.717) is 6.04 Å². The predicted molar refractivity (Wildman–Crippen MR) is 95.6 cm³/mol. The van der Waals surface area contributed by atoms with Crippen LogP contribution in [0.15, 0.2) is 30.3 Å². The second-order valence-corrected chi connectivity index (χ2v) is 8.07. The van der Waals surface area contributed by atoms with Gasteiger partial charge in [-0.05, 0) is 51.7 Å². The van der Waals surface area contributed by atoms with E-state index in [0.717, 1.165) is 36.0 Å². The normalized spacial score (nSPS) is 18.8. The topological polar surface area (TPSA) is 29.5 Å². The molecule has 24 heavy (non-hydrogen) atoms. The zero-order valence-electron chi connectivity index (χ0n) is 15.7. The molecule has 0 radical (unpaired) electrons. The van der Waals surface area contributed by atoms with Crippen molar-refractivity contribution in [2.75, 3.05) is 20.6 Å². The number of hydrogen-bond acceptors (Lipinski definition) is 2. The molecule has 0 aliphatic heterocycles. The Morgan fingerprint density at radius 3 is 2.21 bits per heavy atom. The van der Waals surface area contributed by atoms with E-state index < -0.39 is 0 Å². The molecule has 138 valence electrons. The lowest BCUT2D eigenvalue weighted by molar-refractivity contribution is -0.914. The molecule has 2 rings (SSSR count). The Hall–Kier alpha value is -0.770. The molecule has 0 heterocycles. The van der Waals surface area contributed by atoms with Crippen LogP contribution in [0.1, 0.15) is 52.4 Å². The summed E-state index contributed by atoms with van der Waals surface area (Å²) < 4.78 is 7.26. The summed E-state index contributed by atoms with van der Waals surface area (Å²) in [5.41, 5.74) is -0.198. The molecule has 1 atom stereocenters. The molecule has 1 aromatic rings. The van der Waals surface area contributed by atoms with Crippen molar-refractivity contribution >= 4 is 0 Å². The van der Waals surface area contributed by atoms with Gasteiger partial charge in [0.2, 0.25) is 0 Å². The SMILES string of the molecule is CC(C)[N+](C)(C)CC(O)CC1(Oc2ccccc2)CCCCC1.[Cl-]. The maximum absolute atomic E-state index is 10.7.